The Labute approximate surface area is 230 Å². The first-order chi connectivity index (χ1) is 10.5. The second kappa shape index (κ2) is 21.0. The van der Waals surface area contributed by atoms with E-state index in [0.717, 1.165) is 19.3 Å². The first-order valence-electron chi connectivity index (χ1n) is 8.17. The minimum Gasteiger partial charge on any atom is -0.550 e. The van der Waals surface area contributed by atoms with Gasteiger partial charge in [0, 0.05) is 18.8 Å². The number of rotatable bonds is 14. The summed E-state index contributed by atoms with van der Waals surface area (Å²) >= 11 is 0. The van der Waals surface area contributed by atoms with Gasteiger partial charge in [-0.2, -0.15) is 0 Å². The summed E-state index contributed by atoms with van der Waals surface area (Å²) in [5.74, 6) is -3.60. The first kappa shape index (κ1) is 30.4. The topological polar surface area (TPSA) is 109 Å². The van der Waals surface area contributed by atoms with Gasteiger partial charge in [-0.15, -0.1) is 0 Å². The van der Waals surface area contributed by atoms with Crippen LogP contribution in [0.4, 0.5) is 0 Å². The zero-order valence-corrected chi connectivity index (χ0v) is 21.6. The van der Waals surface area contributed by atoms with Crippen LogP contribution >= 0.6 is 0 Å². The van der Waals surface area contributed by atoms with Crippen molar-refractivity contribution in [2.24, 2.45) is 0 Å². The van der Waals surface area contributed by atoms with Gasteiger partial charge in [0.25, 0.3) is 0 Å². The van der Waals surface area contributed by atoms with E-state index in [1.165, 1.54) is 32.1 Å². The normalized spacial score (nSPS) is 10.9. The molecule has 0 aromatic carbocycles. The number of amides is 1. The number of unbranched alkanes of at least 4 members (excludes halogenated alkanes) is 8. The molecule has 0 radical (unpaired) electrons. The molecule has 6 nitrogen and oxygen atoms in total. The van der Waals surface area contributed by atoms with Crippen LogP contribution in [-0.4, -0.2) is 23.9 Å². The van der Waals surface area contributed by atoms with Crippen LogP contribution < -0.4 is 118 Å². The summed E-state index contributed by atoms with van der Waals surface area (Å²) in [5, 5.41) is 23.2. The van der Waals surface area contributed by atoms with Gasteiger partial charge in [-0.1, -0.05) is 58.3 Å². The molecule has 24 heavy (non-hydrogen) atoms. The van der Waals surface area contributed by atoms with Crippen molar-refractivity contribution in [2.45, 2.75) is 83.6 Å². The van der Waals surface area contributed by atoms with Crippen LogP contribution in [0.25, 0.3) is 0 Å². The zero-order chi connectivity index (χ0) is 16.8. The van der Waals surface area contributed by atoms with E-state index in [-0.39, 0.29) is 109 Å². The molecule has 0 spiro atoms. The van der Waals surface area contributed by atoms with Crippen LogP contribution in [0, 0.1) is 0 Å². The zero-order valence-electron chi connectivity index (χ0n) is 15.4. The Kier molecular flexibility index (Phi) is 26.6. The van der Waals surface area contributed by atoms with E-state index >= 15 is 0 Å². The number of aliphatic carboxylic acids is 2. The Morgan fingerprint density at radius 1 is 0.833 bits per heavy atom. The van der Waals surface area contributed by atoms with Crippen molar-refractivity contribution in [3.8, 4) is 0 Å². The molecule has 0 saturated carbocycles. The second-order valence-corrected chi connectivity index (χ2v) is 5.59. The molecule has 128 valence electrons. The third kappa shape index (κ3) is 20.0. The first-order valence-corrected chi connectivity index (χ1v) is 8.17. The number of carboxylic acid groups (broad SMARTS) is 2. The average molecular weight is 392 g/mol. The number of nitrogens with one attached hydrogen (secondary N) is 1. The van der Waals surface area contributed by atoms with Crippen molar-refractivity contribution in [1.82, 2.24) is 5.32 Å². The summed E-state index contributed by atoms with van der Waals surface area (Å²) in [6.45, 7) is 2.18. The van der Waals surface area contributed by atoms with Crippen molar-refractivity contribution in [1.29, 1.82) is 0 Å². The molecule has 0 aliphatic rings. The molecule has 1 amide bonds. The maximum atomic E-state index is 11.5. The predicted molar refractivity (Wildman–Crippen MR) is 78.4 cm³/mol. The predicted octanol–water partition coefficient (Wildman–Crippen LogP) is -5.71. The molecule has 0 heterocycles. The molecule has 0 aromatic rings. The van der Waals surface area contributed by atoms with Crippen LogP contribution in [0.1, 0.15) is 77.6 Å². The fourth-order valence-electron chi connectivity index (χ4n) is 2.22. The number of carboxylic acids is 2. The smallest absolute Gasteiger partial charge is 0.550 e. The van der Waals surface area contributed by atoms with Crippen LogP contribution in [0.15, 0.2) is 0 Å². The molecule has 0 aliphatic heterocycles. The maximum Gasteiger partial charge on any atom is 1.00 e. The Morgan fingerprint density at radius 2 is 1.29 bits per heavy atom. The summed E-state index contributed by atoms with van der Waals surface area (Å²) in [7, 11) is 0. The van der Waals surface area contributed by atoms with E-state index < -0.39 is 30.3 Å². The fraction of sp³-hybridized carbons (Fsp3) is 0.812. The average Bonchev–Trinajstić information content (AvgIpc) is 2.44. The Balaban J connectivity index is -0.00000220. The van der Waals surface area contributed by atoms with Gasteiger partial charge in [0.1, 0.15) is 0 Å². The van der Waals surface area contributed by atoms with Gasteiger partial charge < -0.3 is 25.1 Å². The van der Waals surface area contributed by atoms with Gasteiger partial charge in [-0.3, -0.25) is 4.79 Å². The van der Waals surface area contributed by atoms with Gasteiger partial charge >= 0.3 is 103 Å². The van der Waals surface area contributed by atoms with Crippen LogP contribution in [0.3, 0.4) is 0 Å². The summed E-state index contributed by atoms with van der Waals surface area (Å²) in [6, 6.07) is -1.52. The maximum absolute atomic E-state index is 11.5. The fourth-order valence-corrected chi connectivity index (χ4v) is 2.22. The molecule has 0 rings (SSSR count). The van der Waals surface area contributed by atoms with Gasteiger partial charge in [-0.05, 0) is 6.42 Å². The SMILES string of the molecule is CCCCCCCCCCCC(=O)N[C@@H](CC(=O)[O-])C(=O)[O-].[K+].[K+]. The molecule has 0 aromatic heterocycles. The molecule has 0 fully saturated rings. The Morgan fingerprint density at radius 3 is 1.71 bits per heavy atom. The largest absolute Gasteiger partial charge is 1.00 e. The van der Waals surface area contributed by atoms with Crippen LogP contribution in [0.2, 0.25) is 0 Å². The minimum absolute atomic E-state index is 0. The van der Waals surface area contributed by atoms with E-state index in [4.69, 9.17) is 0 Å². The summed E-state index contributed by atoms with van der Waals surface area (Å²) in [6.07, 6.45) is 9.49. The molecular formula is C16H27K2NO5. The summed E-state index contributed by atoms with van der Waals surface area (Å²) < 4.78 is 0. The monoisotopic (exact) mass is 391 g/mol. The van der Waals surface area contributed by atoms with Gasteiger partial charge in [0.2, 0.25) is 5.91 Å². The third-order valence-electron chi connectivity index (χ3n) is 3.50. The molecule has 0 bridgehead atoms. The minimum atomic E-state index is -1.61. The molecule has 8 heteroatoms. The summed E-state index contributed by atoms with van der Waals surface area (Å²) in [5.41, 5.74) is 0. The van der Waals surface area contributed by atoms with Crippen LogP contribution in [0.5, 0.6) is 0 Å². The van der Waals surface area contributed by atoms with Crippen LogP contribution in [-0.2, 0) is 14.4 Å². The number of hydrogen-bond acceptors (Lipinski definition) is 5. The number of carbonyl (C=O) groups excluding carboxylic acids is 3. The standard InChI is InChI=1S/C16H29NO5.2K/c1-2-3-4-5-6-7-8-9-10-11-14(18)17-13(16(21)22)12-15(19)20;;/h13H,2-12H2,1H3,(H,17,18)(H,19,20)(H,21,22);;/q;2*+1/p-2/t13-;;/m0../s1. The van der Waals surface area contributed by atoms with Crippen molar-refractivity contribution in [2.75, 3.05) is 0 Å². The van der Waals surface area contributed by atoms with Gasteiger partial charge in [-0.25, -0.2) is 0 Å². The molecule has 1 atom stereocenters. The van der Waals surface area contributed by atoms with Gasteiger partial charge in [0.05, 0.1) is 12.0 Å². The van der Waals surface area contributed by atoms with E-state index in [9.17, 15) is 24.6 Å². The van der Waals surface area contributed by atoms with E-state index in [2.05, 4.69) is 12.2 Å². The Bertz CT molecular complexity index is 353. The van der Waals surface area contributed by atoms with Crippen molar-refractivity contribution < 1.29 is 127 Å². The van der Waals surface area contributed by atoms with Crippen molar-refractivity contribution in [3.05, 3.63) is 0 Å². The molecule has 0 saturated heterocycles. The molecule has 0 unspecified atom stereocenters. The quantitative estimate of drug-likeness (QED) is 0.234. The van der Waals surface area contributed by atoms with Crippen molar-refractivity contribution >= 4 is 17.8 Å². The third-order valence-corrected chi connectivity index (χ3v) is 3.50. The molecular weight excluding hydrogens is 364 g/mol. The van der Waals surface area contributed by atoms with Crippen molar-refractivity contribution in [3.63, 3.8) is 0 Å². The number of carbonyl (C=O) groups is 3. The summed E-state index contributed by atoms with van der Waals surface area (Å²) in [4.78, 5) is 32.6. The van der Waals surface area contributed by atoms with E-state index in [1.54, 1.807) is 0 Å². The number of hydrogen-bond donors (Lipinski definition) is 1. The second-order valence-electron chi connectivity index (χ2n) is 5.59. The molecule has 1 N–H and O–H groups in total. The Hall–Kier alpha value is 1.68. The van der Waals surface area contributed by atoms with E-state index in [1.807, 2.05) is 0 Å². The van der Waals surface area contributed by atoms with E-state index in [0.29, 0.717) is 6.42 Å². The molecule has 0 aliphatic carbocycles. The van der Waals surface area contributed by atoms with Gasteiger partial charge in [0.15, 0.2) is 0 Å².